The van der Waals surface area contributed by atoms with Gasteiger partial charge in [-0.2, -0.15) is 0 Å². The van der Waals surface area contributed by atoms with Crippen LogP contribution in [0.15, 0.2) is 16.9 Å². The van der Waals surface area contributed by atoms with Crippen molar-refractivity contribution in [3.05, 3.63) is 22.5 Å². The molecule has 1 rings (SSSR count). The number of aryl methyl sites for hydroxylation is 1. The highest BCUT2D eigenvalue weighted by molar-refractivity contribution is 5.05. The summed E-state index contributed by atoms with van der Waals surface area (Å²) in [6, 6.07) is 3.03. The van der Waals surface area contributed by atoms with E-state index in [1.54, 1.807) is 6.07 Å². The molecule has 1 N–H and O–H groups in total. The minimum Gasteiger partial charge on any atom is -0.480 e. The summed E-state index contributed by atoms with van der Waals surface area (Å²) in [5.41, 5.74) is -0.0955. The number of nitrogens with zero attached hydrogens (tertiary/aromatic N) is 2. The van der Waals surface area contributed by atoms with Gasteiger partial charge in [0.05, 0.1) is 7.11 Å². The number of rotatable bonds is 5. The Morgan fingerprint density at radius 2 is 2.36 bits per heavy atom. The molecular weight excluding hydrogens is 182 g/mol. The van der Waals surface area contributed by atoms with Crippen molar-refractivity contribution in [3.8, 4) is 5.88 Å². The van der Waals surface area contributed by atoms with E-state index >= 15 is 0 Å². The number of hydrogen-bond acceptors (Lipinski definition) is 4. The summed E-state index contributed by atoms with van der Waals surface area (Å²) in [4.78, 5) is 11.3. The lowest BCUT2D eigenvalue weighted by molar-refractivity contribution is 0.373. The molecule has 0 atom stereocenters. The molecule has 0 saturated carbocycles. The maximum absolute atomic E-state index is 11.3. The third-order valence-electron chi connectivity index (χ3n) is 1.85. The van der Waals surface area contributed by atoms with Gasteiger partial charge in [0.2, 0.25) is 5.88 Å². The van der Waals surface area contributed by atoms with E-state index < -0.39 is 0 Å². The lowest BCUT2D eigenvalue weighted by atomic mass is 10.4. The molecule has 0 spiro atoms. The van der Waals surface area contributed by atoms with Crippen LogP contribution in [0.1, 0.15) is 6.42 Å². The van der Waals surface area contributed by atoms with E-state index in [1.807, 2.05) is 7.05 Å². The fraction of sp³-hybridized carbons (Fsp3) is 0.556. The third kappa shape index (κ3) is 2.85. The Labute approximate surface area is 82.7 Å². The zero-order chi connectivity index (χ0) is 10.4. The van der Waals surface area contributed by atoms with Gasteiger partial charge in [-0.3, -0.25) is 4.79 Å². The van der Waals surface area contributed by atoms with Crippen molar-refractivity contribution in [1.82, 2.24) is 15.1 Å². The van der Waals surface area contributed by atoms with Crippen LogP contribution in [0.4, 0.5) is 0 Å². The van der Waals surface area contributed by atoms with Gasteiger partial charge >= 0.3 is 0 Å². The van der Waals surface area contributed by atoms with E-state index in [0.29, 0.717) is 12.4 Å². The summed E-state index contributed by atoms with van der Waals surface area (Å²) in [6.07, 6.45) is 0.872. The van der Waals surface area contributed by atoms with Crippen molar-refractivity contribution >= 4 is 0 Å². The van der Waals surface area contributed by atoms with Crippen LogP contribution in [0.25, 0.3) is 0 Å². The number of methoxy groups -OCH3 is 1. The average Bonchev–Trinajstić information content (AvgIpc) is 2.21. The fourth-order valence-corrected chi connectivity index (χ4v) is 1.10. The van der Waals surface area contributed by atoms with E-state index in [1.165, 1.54) is 17.9 Å². The first kappa shape index (κ1) is 10.7. The van der Waals surface area contributed by atoms with E-state index in [4.69, 9.17) is 4.74 Å². The molecule has 78 valence electrons. The fourth-order valence-electron chi connectivity index (χ4n) is 1.10. The molecule has 0 amide bonds. The van der Waals surface area contributed by atoms with Gasteiger partial charge in [0.25, 0.3) is 5.56 Å². The minimum absolute atomic E-state index is 0.0955. The lowest BCUT2D eigenvalue weighted by Gasteiger charge is -2.05. The Kier molecular flexibility index (Phi) is 4.12. The highest BCUT2D eigenvalue weighted by Crippen LogP contribution is 1.99. The molecule has 5 heteroatoms. The van der Waals surface area contributed by atoms with Crippen LogP contribution in [0.5, 0.6) is 5.88 Å². The quantitative estimate of drug-likeness (QED) is 0.668. The van der Waals surface area contributed by atoms with Gasteiger partial charge in [0, 0.05) is 18.7 Å². The molecule has 0 aliphatic carbocycles. The van der Waals surface area contributed by atoms with E-state index in [0.717, 1.165) is 13.0 Å². The molecule has 14 heavy (non-hydrogen) atoms. The van der Waals surface area contributed by atoms with E-state index in [2.05, 4.69) is 10.4 Å². The van der Waals surface area contributed by atoms with Gasteiger partial charge in [0.15, 0.2) is 0 Å². The predicted octanol–water partition coefficient (Wildman–Crippen LogP) is -0.139. The molecule has 0 fully saturated rings. The Morgan fingerprint density at radius 1 is 1.57 bits per heavy atom. The van der Waals surface area contributed by atoms with Gasteiger partial charge < -0.3 is 10.1 Å². The van der Waals surface area contributed by atoms with Crippen LogP contribution in [0, 0.1) is 0 Å². The maximum Gasteiger partial charge on any atom is 0.266 e. The molecule has 0 aliphatic rings. The smallest absolute Gasteiger partial charge is 0.266 e. The summed E-state index contributed by atoms with van der Waals surface area (Å²) in [5.74, 6) is 0.467. The van der Waals surface area contributed by atoms with Gasteiger partial charge in [-0.1, -0.05) is 0 Å². The number of hydrogen-bond donors (Lipinski definition) is 1. The molecule has 0 unspecified atom stereocenters. The molecule has 0 aliphatic heterocycles. The molecule has 0 radical (unpaired) electrons. The lowest BCUT2D eigenvalue weighted by Crippen LogP contribution is -2.23. The van der Waals surface area contributed by atoms with Gasteiger partial charge in [-0.05, 0) is 20.0 Å². The number of ether oxygens (including phenoxy) is 1. The summed E-state index contributed by atoms with van der Waals surface area (Å²) >= 11 is 0. The highest BCUT2D eigenvalue weighted by atomic mass is 16.5. The van der Waals surface area contributed by atoms with E-state index in [-0.39, 0.29) is 5.56 Å². The van der Waals surface area contributed by atoms with Crippen molar-refractivity contribution in [2.45, 2.75) is 13.0 Å². The third-order valence-corrected chi connectivity index (χ3v) is 1.85. The van der Waals surface area contributed by atoms with Crippen LogP contribution >= 0.6 is 0 Å². The standard InChI is InChI=1S/C9H15N3O2/c1-10-6-3-7-12-9(13)5-4-8(11-12)14-2/h4-5,10H,3,6-7H2,1-2H3. The van der Waals surface area contributed by atoms with Crippen molar-refractivity contribution in [2.75, 3.05) is 20.7 Å². The molecule has 0 aromatic carbocycles. The van der Waals surface area contributed by atoms with Crippen LogP contribution in [0.3, 0.4) is 0 Å². The molecule has 1 aromatic heterocycles. The van der Waals surface area contributed by atoms with Crippen molar-refractivity contribution in [3.63, 3.8) is 0 Å². The monoisotopic (exact) mass is 197 g/mol. The Bertz CT molecular complexity index is 335. The normalized spacial score (nSPS) is 10.1. The summed E-state index contributed by atoms with van der Waals surface area (Å²) in [6.45, 7) is 1.47. The van der Waals surface area contributed by atoms with Crippen molar-refractivity contribution in [2.24, 2.45) is 0 Å². The predicted molar refractivity (Wildman–Crippen MR) is 53.6 cm³/mol. The second kappa shape index (κ2) is 5.39. The first-order chi connectivity index (χ1) is 6.77. The molecule has 0 saturated heterocycles. The molecule has 5 nitrogen and oxygen atoms in total. The number of nitrogens with one attached hydrogen (secondary N) is 1. The molecule has 1 heterocycles. The minimum atomic E-state index is -0.0955. The zero-order valence-electron chi connectivity index (χ0n) is 8.49. The molecule has 0 bridgehead atoms. The Morgan fingerprint density at radius 3 is 3.00 bits per heavy atom. The van der Waals surface area contributed by atoms with Crippen LogP contribution in [-0.2, 0) is 6.54 Å². The maximum atomic E-state index is 11.3. The van der Waals surface area contributed by atoms with Crippen LogP contribution < -0.4 is 15.6 Å². The highest BCUT2D eigenvalue weighted by Gasteiger charge is 1.99. The Balaban J connectivity index is 2.69. The van der Waals surface area contributed by atoms with Crippen molar-refractivity contribution in [1.29, 1.82) is 0 Å². The number of aromatic nitrogens is 2. The molecule has 1 aromatic rings. The first-order valence-corrected chi connectivity index (χ1v) is 4.54. The van der Waals surface area contributed by atoms with Crippen LogP contribution in [0.2, 0.25) is 0 Å². The first-order valence-electron chi connectivity index (χ1n) is 4.54. The van der Waals surface area contributed by atoms with Gasteiger partial charge in [0.1, 0.15) is 0 Å². The summed E-state index contributed by atoms with van der Waals surface area (Å²) in [7, 11) is 3.41. The van der Waals surface area contributed by atoms with Gasteiger partial charge in [-0.15, -0.1) is 5.10 Å². The zero-order valence-corrected chi connectivity index (χ0v) is 8.49. The van der Waals surface area contributed by atoms with E-state index in [9.17, 15) is 4.79 Å². The largest absolute Gasteiger partial charge is 0.480 e. The Hall–Kier alpha value is -1.36. The summed E-state index contributed by atoms with van der Waals surface area (Å²) in [5, 5.41) is 7.03. The second-order valence-electron chi connectivity index (χ2n) is 2.89. The molecular formula is C9H15N3O2. The second-order valence-corrected chi connectivity index (χ2v) is 2.89. The average molecular weight is 197 g/mol. The van der Waals surface area contributed by atoms with Gasteiger partial charge in [-0.25, -0.2) is 4.68 Å². The SMILES string of the molecule is CNCCCn1nc(OC)ccc1=O. The topological polar surface area (TPSA) is 56.1 Å². The van der Waals surface area contributed by atoms with Crippen molar-refractivity contribution < 1.29 is 4.74 Å². The van der Waals surface area contributed by atoms with Crippen LogP contribution in [-0.4, -0.2) is 30.5 Å². The summed E-state index contributed by atoms with van der Waals surface area (Å²) < 4.78 is 6.34.